The molecule has 0 radical (unpaired) electrons. The van der Waals surface area contributed by atoms with Crippen molar-refractivity contribution in [3.8, 4) is 0 Å². The Morgan fingerprint density at radius 3 is 2.67 bits per heavy atom. The van der Waals surface area contributed by atoms with Crippen LogP contribution in [0.25, 0.3) is 0 Å². The van der Waals surface area contributed by atoms with Gasteiger partial charge in [0.25, 0.3) is 0 Å². The Balaban J connectivity index is 2.09. The minimum Gasteiger partial charge on any atom is -0.389 e. The molecule has 1 fully saturated rings. The Morgan fingerprint density at radius 1 is 1.44 bits per heavy atom. The first-order valence-electron chi connectivity index (χ1n) is 6.38. The van der Waals surface area contributed by atoms with Gasteiger partial charge in [-0.3, -0.25) is 0 Å². The van der Waals surface area contributed by atoms with E-state index in [0.29, 0.717) is 17.2 Å². The van der Waals surface area contributed by atoms with Gasteiger partial charge in [-0.25, -0.2) is 4.39 Å². The average molecular weight is 266 g/mol. The summed E-state index contributed by atoms with van der Waals surface area (Å²) in [5.74, 6) is 0.449. The van der Waals surface area contributed by atoms with Crippen LogP contribution < -0.4 is 10.6 Å². The monoisotopic (exact) mass is 266 g/mol. The standard InChI is InChI=1S/C14H19FN2S/c1-17(9-10-4-2-3-5-10)13-7-6-11(14(16)18)8-12(13)15/h6-8,10H,2-5,9H2,1H3,(H2,16,18). The van der Waals surface area contributed by atoms with E-state index in [1.807, 2.05) is 11.9 Å². The molecule has 1 aromatic carbocycles. The summed E-state index contributed by atoms with van der Waals surface area (Å²) in [7, 11) is 1.94. The molecular formula is C14H19FN2S. The zero-order valence-corrected chi connectivity index (χ0v) is 11.5. The third-order valence-electron chi connectivity index (χ3n) is 3.65. The maximum Gasteiger partial charge on any atom is 0.147 e. The number of rotatable bonds is 4. The zero-order valence-electron chi connectivity index (χ0n) is 10.7. The Hall–Kier alpha value is -1.16. The first-order valence-corrected chi connectivity index (χ1v) is 6.79. The minimum atomic E-state index is -0.249. The summed E-state index contributed by atoms with van der Waals surface area (Å²) in [5.41, 5.74) is 6.70. The molecule has 1 saturated carbocycles. The van der Waals surface area contributed by atoms with Crippen LogP contribution in [-0.2, 0) is 0 Å². The molecule has 0 aromatic heterocycles. The van der Waals surface area contributed by atoms with Crippen LogP contribution in [-0.4, -0.2) is 18.6 Å². The van der Waals surface area contributed by atoms with Crippen molar-refractivity contribution in [3.63, 3.8) is 0 Å². The SMILES string of the molecule is CN(CC1CCCC1)c1ccc(C(N)=S)cc1F. The molecule has 0 aliphatic heterocycles. The van der Waals surface area contributed by atoms with Crippen molar-refractivity contribution < 1.29 is 4.39 Å². The molecular weight excluding hydrogens is 247 g/mol. The van der Waals surface area contributed by atoms with E-state index in [2.05, 4.69) is 0 Å². The summed E-state index contributed by atoms with van der Waals surface area (Å²) in [6.07, 6.45) is 5.14. The topological polar surface area (TPSA) is 29.3 Å². The van der Waals surface area contributed by atoms with E-state index in [9.17, 15) is 4.39 Å². The normalized spacial score (nSPS) is 15.9. The Bertz CT molecular complexity index is 441. The smallest absolute Gasteiger partial charge is 0.147 e. The van der Waals surface area contributed by atoms with E-state index >= 15 is 0 Å². The van der Waals surface area contributed by atoms with Gasteiger partial charge in [-0.2, -0.15) is 0 Å². The number of hydrogen-bond acceptors (Lipinski definition) is 2. The van der Waals surface area contributed by atoms with Crippen LogP contribution in [0.2, 0.25) is 0 Å². The maximum absolute atomic E-state index is 14.0. The summed E-state index contributed by atoms with van der Waals surface area (Å²) in [6, 6.07) is 4.97. The Labute approximate surface area is 113 Å². The van der Waals surface area contributed by atoms with Crippen LogP contribution in [0.3, 0.4) is 0 Å². The molecule has 0 heterocycles. The van der Waals surface area contributed by atoms with Crippen LogP contribution in [0.15, 0.2) is 18.2 Å². The van der Waals surface area contributed by atoms with E-state index in [4.69, 9.17) is 18.0 Å². The molecule has 0 unspecified atom stereocenters. The molecule has 0 atom stereocenters. The molecule has 0 saturated heterocycles. The molecule has 2 rings (SSSR count). The molecule has 18 heavy (non-hydrogen) atoms. The fraction of sp³-hybridized carbons (Fsp3) is 0.500. The molecule has 1 aliphatic rings. The second-order valence-electron chi connectivity index (χ2n) is 5.06. The number of nitrogens with zero attached hydrogens (tertiary/aromatic N) is 1. The fourth-order valence-electron chi connectivity index (χ4n) is 2.65. The van der Waals surface area contributed by atoms with E-state index in [-0.39, 0.29) is 10.8 Å². The van der Waals surface area contributed by atoms with Crippen LogP contribution in [0, 0.1) is 11.7 Å². The second kappa shape index (κ2) is 5.65. The molecule has 0 amide bonds. The number of nitrogens with two attached hydrogens (primary N) is 1. The number of thiocarbonyl (C=S) groups is 1. The van der Waals surface area contributed by atoms with E-state index in [1.54, 1.807) is 12.1 Å². The summed E-state index contributed by atoms with van der Waals surface area (Å²) in [6.45, 7) is 0.920. The molecule has 0 bridgehead atoms. The van der Waals surface area contributed by atoms with Gasteiger partial charge in [-0.1, -0.05) is 25.1 Å². The van der Waals surface area contributed by atoms with Crippen LogP contribution in [0.1, 0.15) is 31.2 Å². The Kier molecular flexibility index (Phi) is 4.17. The fourth-order valence-corrected chi connectivity index (χ4v) is 2.78. The van der Waals surface area contributed by atoms with Gasteiger partial charge in [-0.05, 0) is 37.0 Å². The quantitative estimate of drug-likeness (QED) is 0.849. The van der Waals surface area contributed by atoms with Gasteiger partial charge in [-0.15, -0.1) is 0 Å². The van der Waals surface area contributed by atoms with E-state index in [1.165, 1.54) is 31.7 Å². The van der Waals surface area contributed by atoms with Crippen LogP contribution in [0.5, 0.6) is 0 Å². The highest BCUT2D eigenvalue weighted by Gasteiger charge is 2.18. The van der Waals surface area contributed by atoms with Crippen LogP contribution in [0.4, 0.5) is 10.1 Å². The van der Waals surface area contributed by atoms with Gasteiger partial charge in [0.2, 0.25) is 0 Å². The lowest BCUT2D eigenvalue weighted by molar-refractivity contribution is 0.539. The van der Waals surface area contributed by atoms with Crippen molar-refractivity contribution in [2.75, 3.05) is 18.5 Å². The lowest BCUT2D eigenvalue weighted by Crippen LogP contribution is -2.25. The summed E-state index contributed by atoms with van der Waals surface area (Å²) < 4.78 is 14.0. The first kappa shape index (κ1) is 13.3. The highest BCUT2D eigenvalue weighted by molar-refractivity contribution is 7.80. The van der Waals surface area contributed by atoms with Crippen molar-refractivity contribution in [1.82, 2.24) is 0 Å². The average Bonchev–Trinajstić information content (AvgIpc) is 2.81. The minimum absolute atomic E-state index is 0.235. The zero-order chi connectivity index (χ0) is 13.1. The van der Waals surface area contributed by atoms with Crippen molar-refractivity contribution in [2.24, 2.45) is 11.7 Å². The molecule has 2 nitrogen and oxygen atoms in total. The third-order valence-corrected chi connectivity index (χ3v) is 3.89. The lowest BCUT2D eigenvalue weighted by Gasteiger charge is -2.23. The lowest BCUT2D eigenvalue weighted by atomic mass is 10.1. The summed E-state index contributed by atoms with van der Waals surface area (Å²) >= 11 is 4.84. The van der Waals surface area contributed by atoms with Gasteiger partial charge in [0.15, 0.2) is 0 Å². The highest BCUT2D eigenvalue weighted by atomic mass is 32.1. The molecule has 2 N–H and O–H groups in total. The molecule has 0 spiro atoms. The third kappa shape index (κ3) is 2.99. The first-order chi connectivity index (χ1) is 8.58. The van der Waals surface area contributed by atoms with E-state index in [0.717, 1.165) is 6.54 Å². The number of anilines is 1. The maximum atomic E-state index is 14.0. The number of hydrogen-bond donors (Lipinski definition) is 1. The largest absolute Gasteiger partial charge is 0.389 e. The van der Waals surface area contributed by atoms with Gasteiger partial charge in [0, 0.05) is 19.2 Å². The molecule has 1 aliphatic carbocycles. The van der Waals surface area contributed by atoms with E-state index < -0.39 is 0 Å². The molecule has 98 valence electrons. The van der Waals surface area contributed by atoms with Crippen molar-refractivity contribution >= 4 is 22.9 Å². The highest BCUT2D eigenvalue weighted by Crippen LogP contribution is 2.28. The van der Waals surface area contributed by atoms with Crippen LogP contribution >= 0.6 is 12.2 Å². The predicted molar refractivity (Wildman–Crippen MR) is 77.5 cm³/mol. The second-order valence-corrected chi connectivity index (χ2v) is 5.50. The Morgan fingerprint density at radius 2 is 2.11 bits per heavy atom. The van der Waals surface area contributed by atoms with Gasteiger partial charge in [0.1, 0.15) is 10.8 Å². The number of benzene rings is 1. The predicted octanol–water partition coefficient (Wildman–Crippen LogP) is 3.09. The van der Waals surface area contributed by atoms with Gasteiger partial charge >= 0.3 is 0 Å². The molecule has 4 heteroatoms. The molecule has 1 aromatic rings. The summed E-state index contributed by atoms with van der Waals surface area (Å²) in [5, 5.41) is 0. The summed E-state index contributed by atoms with van der Waals surface area (Å²) in [4.78, 5) is 2.23. The van der Waals surface area contributed by atoms with Crippen molar-refractivity contribution in [3.05, 3.63) is 29.6 Å². The number of halogens is 1. The van der Waals surface area contributed by atoms with Gasteiger partial charge < -0.3 is 10.6 Å². The van der Waals surface area contributed by atoms with Crippen molar-refractivity contribution in [1.29, 1.82) is 0 Å². The van der Waals surface area contributed by atoms with Crippen molar-refractivity contribution in [2.45, 2.75) is 25.7 Å². The van der Waals surface area contributed by atoms with Gasteiger partial charge in [0.05, 0.1) is 5.69 Å².